The number of hydrogen-bond acceptors (Lipinski definition) is 2. The van der Waals surface area contributed by atoms with Crippen LogP contribution in [0.3, 0.4) is 0 Å². The number of benzene rings is 8. The highest BCUT2D eigenvalue weighted by Gasteiger charge is 2.15. The lowest BCUT2D eigenvalue weighted by Crippen LogP contribution is -1.93. The molecule has 0 N–H and O–H groups in total. The Morgan fingerprint density at radius 3 is 1.59 bits per heavy atom. The number of nitrogens with zero attached hydrogens (tertiary/aromatic N) is 3. The Kier molecular flexibility index (Phi) is 6.18. The fraction of sp³-hybridized carbons (Fsp3) is 0. The van der Waals surface area contributed by atoms with Crippen LogP contribution in [0.4, 0.5) is 0 Å². The van der Waals surface area contributed by atoms with E-state index >= 15 is 0 Å². The zero-order valence-electron chi connectivity index (χ0n) is 26.6. The molecule has 0 aliphatic heterocycles. The average Bonchev–Trinajstić information content (AvgIpc) is 3.52. The third kappa shape index (κ3) is 4.44. The van der Waals surface area contributed by atoms with Crippen molar-refractivity contribution in [2.24, 2.45) is 0 Å². The van der Waals surface area contributed by atoms with E-state index in [4.69, 9.17) is 9.97 Å². The highest BCUT2D eigenvalue weighted by atomic mass is 15.0. The molecule has 0 fully saturated rings. The summed E-state index contributed by atoms with van der Waals surface area (Å²) in [6, 6.07) is 60.6. The first kappa shape index (κ1) is 27.5. The minimum absolute atomic E-state index is 0.867. The number of rotatable bonds is 4. The van der Waals surface area contributed by atoms with Gasteiger partial charge in [0.1, 0.15) is 0 Å². The smallest absolute Gasteiger partial charge is 0.0979 e. The Bertz CT molecular complexity index is 2850. The van der Waals surface area contributed by atoms with Crippen LogP contribution >= 0.6 is 0 Å². The van der Waals surface area contributed by atoms with Crippen molar-refractivity contribution in [3.63, 3.8) is 0 Å². The van der Waals surface area contributed by atoms with Crippen molar-refractivity contribution in [3.8, 4) is 39.2 Å². The van der Waals surface area contributed by atoms with Gasteiger partial charge in [0, 0.05) is 32.8 Å². The lowest BCUT2D eigenvalue weighted by Gasteiger charge is -2.11. The van der Waals surface area contributed by atoms with Gasteiger partial charge in [-0.1, -0.05) is 127 Å². The highest BCUT2D eigenvalue weighted by molar-refractivity contribution is 6.23. The molecule has 2 aromatic heterocycles. The van der Waals surface area contributed by atoms with E-state index in [-0.39, 0.29) is 0 Å². The van der Waals surface area contributed by atoms with E-state index in [9.17, 15) is 0 Å². The Hall–Kier alpha value is -6.58. The van der Waals surface area contributed by atoms with Crippen molar-refractivity contribution >= 4 is 54.4 Å². The first-order valence-electron chi connectivity index (χ1n) is 16.7. The van der Waals surface area contributed by atoms with Crippen LogP contribution in [0.5, 0.6) is 0 Å². The van der Waals surface area contributed by atoms with Crippen molar-refractivity contribution < 1.29 is 0 Å². The second kappa shape index (κ2) is 11.0. The summed E-state index contributed by atoms with van der Waals surface area (Å²) in [6.07, 6.45) is 1.92. The van der Waals surface area contributed by atoms with Gasteiger partial charge in [-0.15, -0.1) is 0 Å². The van der Waals surface area contributed by atoms with E-state index < -0.39 is 0 Å². The Balaban J connectivity index is 1.06. The summed E-state index contributed by atoms with van der Waals surface area (Å²) in [7, 11) is 0. The minimum Gasteiger partial charge on any atom is -0.309 e. The largest absolute Gasteiger partial charge is 0.309 e. The number of aromatic nitrogens is 3. The monoisotopic (exact) mass is 623 g/mol. The van der Waals surface area contributed by atoms with E-state index in [2.05, 4.69) is 174 Å². The summed E-state index contributed by atoms with van der Waals surface area (Å²) in [4.78, 5) is 10.2. The zero-order chi connectivity index (χ0) is 32.3. The lowest BCUT2D eigenvalue weighted by atomic mass is 9.96. The predicted octanol–water partition coefficient (Wildman–Crippen LogP) is 12.0. The maximum absolute atomic E-state index is 5.24. The van der Waals surface area contributed by atoms with Crippen molar-refractivity contribution in [3.05, 3.63) is 176 Å². The summed E-state index contributed by atoms with van der Waals surface area (Å²) in [5.74, 6) is 0. The van der Waals surface area contributed by atoms with Crippen molar-refractivity contribution in [2.75, 3.05) is 0 Å². The van der Waals surface area contributed by atoms with Crippen LogP contribution in [-0.2, 0) is 0 Å². The maximum atomic E-state index is 5.24. The van der Waals surface area contributed by atoms with Crippen molar-refractivity contribution in [1.29, 1.82) is 0 Å². The van der Waals surface area contributed by atoms with Crippen LogP contribution in [0.15, 0.2) is 176 Å². The van der Waals surface area contributed by atoms with Gasteiger partial charge in [0.05, 0.1) is 34.0 Å². The molecule has 0 aliphatic rings. The van der Waals surface area contributed by atoms with Crippen LogP contribution < -0.4 is 0 Å². The van der Waals surface area contributed by atoms with Crippen LogP contribution in [0.2, 0.25) is 0 Å². The van der Waals surface area contributed by atoms with Crippen LogP contribution in [-0.4, -0.2) is 14.5 Å². The topological polar surface area (TPSA) is 30.7 Å². The fourth-order valence-corrected chi connectivity index (χ4v) is 7.51. The van der Waals surface area contributed by atoms with Gasteiger partial charge in [-0.2, -0.15) is 0 Å². The summed E-state index contributed by atoms with van der Waals surface area (Å²) < 4.78 is 2.36. The van der Waals surface area contributed by atoms with E-state index in [0.717, 1.165) is 44.2 Å². The van der Waals surface area contributed by atoms with Gasteiger partial charge in [-0.25, -0.2) is 4.98 Å². The summed E-state index contributed by atoms with van der Waals surface area (Å²) in [5, 5.41) is 7.16. The normalized spacial score (nSPS) is 11.7. The van der Waals surface area contributed by atoms with Gasteiger partial charge in [0.25, 0.3) is 0 Å². The van der Waals surface area contributed by atoms with Gasteiger partial charge in [-0.05, 0) is 75.5 Å². The zero-order valence-corrected chi connectivity index (χ0v) is 26.6. The third-order valence-corrected chi connectivity index (χ3v) is 9.80. The molecule has 2 heterocycles. The molecule has 0 unspecified atom stereocenters. The van der Waals surface area contributed by atoms with Crippen molar-refractivity contribution in [2.45, 2.75) is 0 Å². The Labute approximate surface area is 283 Å². The van der Waals surface area contributed by atoms with Crippen LogP contribution in [0.1, 0.15) is 0 Å². The summed E-state index contributed by atoms with van der Waals surface area (Å²) >= 11 is 0. The molecular formula is C46H29N3. The first-order valence-corrected chi connectivity index (χ1v) is 16.7. The van der Waals surface area contributed by atoms with Gasteiger partial charge in [-0.3, -0.25) is 4.98 Å². The fourth-order valence-electron chi connectivity index (χ4n) is 7.51. The third-order valence-electron chi connectivity index (χ3n) is 9.80. The molecule has 0 amide bonds. The van der Waals surface area contributed by atoms with Gasteiger partial charge in [0.15, 0.2) is 0 Å². The summed E-state index contributed by atoms with van der Waals surface area (Å²) in [5.41, 5.74) is 12.1. The Morgan fingerprint density at radius 1 is 0.347 bits per heavy atom. The first-order chi connectivity index (χ1) is 24.3. The molecule has 8 aromatic carbocycles. The molecule has 3 heteroatoms. The Morgan fingerprint density at radius 2 is 0.878 bits per heavy atom. The van der Waals surface area contributed by atoms with E-state index in [0.29, 0.717) is 0 Å². The number of fused-ring (bicyclic) bond motifs is 9. The standard InChI is InChI=1S/C46H29N3/c1-2-16-35(17-3-1)49-43-23-9-8-20-38(43)41-28-33(24-25-44(41)49)31-13-10-12-30(26-31)32-14-11-15-34(27-32)42-29-47-45-39-21-6-4-18-36(39)37-19-5-7-22-40(37)46(45)48-42/h1-29H. The van der Waals surface area contributed by atoms with E-state index in [1.807, 2.05) is 6.20 Å². The number of hydrogen-bond donors (Lipinski definition) is 0. The average molecular weight is 624 g/mol. The van der Waals surface area contributed by atoms with Gasteiger partial charge < -0.3 is 4.57 Å². The molecule has 0 saturated carbocycles. The van der Waals surface area contributed by atoms with Crippen LogP contribution in [0.25, 0.3) is 93.6 Å². The second-order valence-electron chi connectivity index (χ2n) is 12.6. The molecule has 0 spiro atoms. The maximum Gasteiger partial charge on any atom is 0.0979 e. The molecule has 3 nitrogen and oxygen atoms in total. The molecule has 49 heavy (non-hydrogen) atoms. The molecule has 0 bridgehead atoms. The molecule has 10 aromatic rings. The van der Waals surface area contributed by atoms with E-state index in [1.165, 1.54) is 49.4 Å². The van der Waals surface area contributed by atoms with Crippen LogP contribution in [0, 0.1) is 0 Å². The molecule has 0 saturated heterocycles. The SMILES string of the molecule is c1ccc(-n2c3ccccc3c3cc(-c4cccc(-c5cccc(-c6cnc7c8ccccc8c8ccccc8c7n6)c5)c4)ccc32)cc1. The predicted molar refractivity (Wildman–Crippen MR) is 205 cm³/mol. The van der Waals surface area contributed by atoms with Gasteiger partial charge >= 0.3 is 0 Å². The van der Waals surface area contributed by atoms with E-state index in [1.54, 1.807) is 0 Å². The molecule has 0 atom stereocenters. The molecule has 228 valence electrons. The number of para-hydroxylation sites is 2. The highest BCUT2D eigenvalue weighted by Crippen LogP contribution is 2.37. The molecule has 10 rings (SSSR count). The lowest BCUT2D eigenvalue weighted by molar-refractivity contribution is 1.18. The van der Waals surface area contributed by atoms with Crippen molar-refractivity contribution in [1.82, 2.24) is 14.5 Å². The molecule has 0 aliphatic carbocycles. The quantitative estimate of drug-likeness (QED) is 0.183. The van der Waals surface area contributed by atoms with Gasteiger partial charge in [0.2, 0.25) is 0 Å². The molecule has 0 radical (unpaired) electrons. The second-order valence-corrected chi connectivity index (χ2v) is 12.6. The minimum atomic E-state index is 0.867. The summed E-state index contributed by atoms with van der Waals surface area (Å²) in [6.45, 7) is 0. The molecular weight excluding hydrogens is 595 g/mol.